The number of benzene rings is 1. The summed E-state index contributed by atoms with van der Waals surface area (Å²) in [7, 11) is 0. The standard InChI is InChI=1S/C14H19ClN4O2/c15-12-4-3-10(16)6-11(12)13(20)19-5-1-2-9(8-19)7-18-14(17)21/h3-4,6,9H,1-2,5,7-8,16H2,(H3,17,18,21). The highest BCUT2D eigenvalue weighted by atomic mass is 35.5. The lowest BCUT2D eigenvalue weighted by Gasteiger charge is -2.33. The van der Waals surface area contributed by atoms with Gasteiger partial charge in [-0.25, -0.2) is 4.79 Å². The molecule has 1 fully saturated rings. The van der Waals surface area contributed by atoms with Gasteiger partial charge >= 0.3 is 6.03 Å². The van der Waals surface area contributed by atoms with E-state index in [0.29, 0.717) is 35.9 Å². The van der Waals surface area contributed by atoms with Crippen molar-refractivity contribution in [1.82, 2.24) is 10.2 Å². The minimum atomic E-state index is -0.544. The van der Waals surface area contributed by atoms with Crippen molar-refractivity contribution >= 4 is 29.2 Å². The zero-order chi connectivity index (χ0) is 15.4. The first-order valence-electron chi connectivity index (χ1n) is 6.85. The number of urea groups is 1. The number of anilines is 1. The number of nitrogen functional groups attached to an aromatic ring is 1. The summed E-state index contributed by atoms with van der Waals surface area (Å²) in [5, 5.41) is 2.98. The van der Waals surface area contributed by atoms with E-state index in [4.69, 9.17) is 23.1 Å². The highest BCUT2D eigenvalue weighted by Crippen LogP contribution is 2.23. The molecule has 1 aliphatic heterocycles. The van der Waals surface area contributed by atoms with Crippen molar-refractivity contribution in [1.29, 1.82) is 0 Å². The van der Waals surface area contributed by atoms with Crippen LogP contribution in [0.25, 0.3) is 0 Å². The number of rotatable bonds is 3. The van der Waals surface area contributed by atoms with Gasteiger partial charge < -0.3 is 21.7 Å². The Bertz CT molecular complexity index is 550. The molecule has 1 aromatic carbocycles. The SMILES string of the molecule is NC(=O)NCC1CCCN(C(=O)c2cc(N)ccc2Cl)C1. The number of halogens is 1. The summed E-state index contributed by atoms with van der Waals surface area (Å²) in [6.45, 7) is 1.73. The molecule has 2 rings (SSSR count). The van der Waals surface area contributed by atoms with E-state index in [9.17, 15) is 9.59 Å². The summed E-state index contributed by atoms with van der Waals surface area (Å²) < 4.78 is 0. The number of hydrogen-bond donors (Lipinski definition) is 3. The maximum atomic E-state index is 12.5. The van der Waals surface area contributed by atoms with Gasteiger partial charge in [0.25, 0.3) is 5.91 Å². The van der Waals surface area contributed by atoms with E-state index in [2.05, 4.69) is 5.32 Å². The lowest BCUT2D eigenvalue weighted by Crippen LogP contribution is -2.44. The van der Waals surface area contributed by atoms with Crippen LogP contribution in [0.3, 0.4) is 0 Å². The number of piperidine rings is 1. The molecule has 1 aliphatic rings. The van der Waals surface area contributed by atoms with Gasteiger partial charge in [0, 0.05) is 25.3 Å². The summed E-state index contributed by atoms with van der Waals surface area (Å²) in [6, 6.07) is 4.34. The first-order valence-corrected chi connectivity index (χ1v) is 7.22. The van der Waals surface area contributed by atoms with E-state index < -0.39 is 6.03 Å². The van der Waals surface area contributed by atoms with E-state index in [-0.39, 0.29) is 11.8 Å². The summed E-state index contributed by atoms with van der Waals surface area (Å²) in [4.78, 5) is 25.0. The van der Waals surface area contributed by atoms with E-state index in [1.54, 1.807) is 23.1 Å². The molecule has 0 aromatic heterocycles. The molecule has 1 atom stereocenters. The van der Waals surface area contributed by atoms with Gasteiger partial charge in [-0.15, -0.1) is 0 Å². The maximum Gasteiger partial charge on any atom is 0.312 e. The number of primary amides is 1. The van der Waals surface area contributed by atoms with Crippen molar-refractivity contribution < 1.29 is 9.59 Å². The Hall–Kier alpha value is -1.95. The van der Waals surface area contributed by atoms with Crippen LogP contribution in [0.15, 0.2) is 18.2 Å². The molecule has 114 valence electrons. The average molecular weight is 311 g/mol. The zero-order valence-electron chi connectivity index (χ0n) is 11.6. The van der Waals surface area contributed by atoms with Crippen molar-refractivity contribution in [3.8, 4) is 0 Å². The van der Waals surface area contributed by atoms with Crippen LogP contribution in [-0.4, -0.2) is 36.5 Å². The van der Waals surface area contributed by atoms with Gasteiger partial charge in [0.05, 0.1) is 10.6 Å². The average Bonchev–Trinajstić information content (AvgIpc) is 2.47. The summed E-state index contributed by atoms with van der Waals surface area (Å²) in [6.07, 6.45) is 1.84. The van der Waals surface area contributed by atoms with E-state index >= 15 is 0 Å². The van der Waals surface area contributed by atoms with Gasteiger partial charge in [0.15, 0.2) is 0 Å². The Labute approximate surface area is 128 Å². The predicted octanol–water partition coefficient (Wildman–Crippen LogP) is 1.44. The molecule has 3 amide bonds. The van der Waals surface area contributed by atoms with Gasteiger partial charge in [-0.05, 0) is 37.0 Å². The van der Waals surface area contributed by atoms with Crippen LogP contribution in [0.5, 0.6) is 0 Å². The van der Waals surface area contributed by atoms with E-state index in [1.807, 2.05) is 0 Å². The van der Waals surface area contributed by atoms with Crippen LogP contribution in [0.4, 0.5) is 10.5 Å². The normalized spacial score (nSPS) is 18.3. The van der Waals surface area contributed by atoms with Crippen LogP contribution in [0, 0.1) is 5.92 Å². The summed E-state index contributed by atoms with van der Waals surface area (Å²) in [5.41, 5.74) is 11.7. The smallest absolute Gasteiger partial charge is 0.312 e. The molecule has 0 saturated carbocycles. The first kappa shape index (κ1) is 15.4. The fourth-order valence-corrected chi connectivity index (χ4v) is 2.74. The molecule has 1 unspecified atom stereocenters. The summed E-state index contributed by atoms with van der Waals surface area (Å²) >= 11 is 6.07. The molecule has 0 spiro atoms. The minimum Gasteiger partial charge on any atom is -0.399 e. The number of likely N-dealkylation sites (tertiary alicyclic amines) is 1. The molecule has 6 nitrogen and oxygen atoms in total. The fourth-order valence-electron chi connectivity index (χ4n) is 2.54. The van der Waals surface area contributed by atoms with E-state index in [1.165, 1.54) is 0 Å². The number of hydrogen-bond acceptors (Lipinski definition) is 3. The molecule has 1 saturated heterocycles. The van der Waals surface area contributed by atoms with E-state index in [0.717, 1.165) is 12.8 Å². The lowest BCUT2D eigenvalue weighted by molar-refractivity contribution is 0.0675. The molecular weight excluding hydrogens is 292 g/mol. The third-order valence-corrected chi connectivity index (χ3v) is 3.92. The second kappa shape index (κ2) is 6.67. The number of amides is 3. The largest absolute Gasteiger partial charge is 0.399 e. The second-order valence-electron chi connectivity index (χ2n) is 5.24. The van der Waals surface area contributed by atoms with Gasteiger partial charge in [0.1, 0.15) is 0 Å². The number of nitrogens with two attached hydrogens (primary N) is 2. The highest BCUT2D eigenvalue weighted by molar-refractivity contribution is 6.34. The number of nitrogens with one attached hydrogen (secondary N) is 1. The van der Waals surface area contributed by atoms with Crippen LogP contribution in [0.1, 0.15) is 23.2 Å². The molecule has 0 radical (unpaired) electrons. The quantitative estimate of drug-likeness (QED) is 0.736. The maximum absolute atomic E-state index is 12.5. The molecule has 21 heavy (non-hydrogen) atoms. The van der Waals surface area contributed by atoms with Crippen molar-refractivity contribution in [3.63, 3.8) is 0 Å². The monoisotopic (exact) mass is 310 g/mol. The predicted molar refractivity (Wildman–Crippen MR) is 82.1 cm³/mol. The van der Waals surface area contributed by atoms with Gasteiger partial charge in [-0.2, -0.15) is 0 Å². The molecule has 1 heterocycles. The van der Waals surface area contributed by atoms with Crippen LogP contribution in [-0.2, 0) is 0 Å². The van der Waals surface area contributed by atoms with Gasteiger partial charge in [0.2, 0.25) is 0 Å². The first-order chi connectivity index (χ1) is 9.97. The van der Waals surface area contributed by atoms with Crippen LogP contribution < -0.4 is 16.8 Å². The summed E-state index contributed by atoms with van der Waals surface area (Å²) in [5.74, 6) is 0.0751. The number of nitrogens with zero attached hydrogens (tertiary/aromatic N) is 1. The minimum absolute atomic E-state index is 0.129. The van der Waals surface area contributed by atoms with Crippen molar-refractivity contribution in [2.45, 2.75) is 12.8 Å². The lowest BCUT2D eigenvalue weighted by atomic mass is 9.97. The Morgan fingerprint density at radius 2 is 2.19 bits per heavy atom. The highest BCUT2D eigenvalue weighted by Gasteiger charge is 2.25. The molecule has 5 N–H and O–H groups in total. The Morgan fingerprint density at radius 3 is 2.90 bits per heavy atom. The van der Waals surface area contributed by atoms with Crippen molar-refractivity contribution in [2.24, 2.45) is 11.7 Å². The third-order valence-electron chi connectivity index (χ3n) is 3.59. The van der Waals surface area contributed by atoms with Crippen molar-refractivity contribution in [3.05, 3.63) is 28.8 Å². The topological polar surface area (TPSA) is 101 Å². The third kappa shape index (κ3) is 4.01. The molecule has 7 heteroatoms. The van der Waals surface area contributed by atoms with Crippen LogP contribution >= 0.6 is 11.6 Å². The zero-order valence-corrected chi connectivity index (χ0v) is 12.4. The molecule has 0 bridgehead atoms. The number of carbonyl (C=O) groups excluding carboxylic acids is 2. The van der Waals surface area contributed by atoms with Crippen LogP contribution in [0.2, 0.25) is 5.02 Å². The van der Waals surface area contributed by atoms with Gasteiger partial charge in [-0.3, -0.25) is 4.79 Å². The molecule has 0 aliphatic carbocycles. The Kier molecular flexibility index (Phi) is 4.90. The fraction of sp³-hybridized carbons (Fsp3) is 0.429. The second-order valence-corrected chi connectivity index (χ2v) is 5.65. The van der Waals surface area contributed by atoms with Gasteiger partial charge in [-0.1, -0.05) is 11.6 Å². The molecular formula is C14H19ClN4O2. The number of carbonyl (C=O) groups is 2. The molecule has 1 aromatic rings. The van der Waals surface area contributed by atoms with Crippen molar-refractivity contribution in [2.75, 3.05) is 25.4 Å². The Balaban J connectivity index is 2.05. The Morgan fingerprint density at radius 1 is 1.43 bits per heavy atom.